The Morgan fingerprint density at radius 2 is 1.81 bits per heavy atom. The molecule has 4 heteroatoms. The van der Waals surface area contributed by atoms with Gasteiger partial charge in [-0.3, -0.25) is 9.59 Å². The Morgan fingerprint density at radius 3 is 2.19 bits per heavy atom. The molecule has 0 spiro atoms. The molecule has 1 N–H and O–H groups in total. The van der Waals surface area contributed by atoms with Crippen molar-refractivity contribution in [1.29, 1.82) is 0 Å². The predicted molar refractivity (Wildman–Crippen MR) is 61.1 cm³/mol. The third kappa shape index (κ3) is 6.43. The molecule has 4 nitrogen and oxygen atoms in total. The number of hydrogen-bond acceptors (Lipinski definition) is 3. The fraction of sp³-hybridized carbons (Fsp3) is 0.833. The first-order valence-electron chi connectivity index (χ1n) is 5.73. The summed E-state index contributed by atoms with van der Waals surface area (Å²) in [5, 5.41) is 8.94. The third-order valence-electron chi connectivity index (χ3n) is 2.09. The first-order valence-corrected chi connectivity index (χ1v) is 5.73. The topological polar surface area (TPSA) is 63.6 Å². The van der Waals surface area contributed by atoms with Crippen LogP contribution in [0.25, 0.3) is 0 Å². The van der Waals surface area contributed by atoms with E-state index in [9.17, 15) is 9.59 Å². The van der Waals surface area contributed by atoms with Gasteiger partial charge in [0.25, 0.3) is 0 Å². The first kappa shape index (κ1) is 14.9. The SMILES string of the molecule is CCCCCC(C(=O)O)C(=O)OC(C)(C)C. The molecule has 0 aromatic rings. The second-order valence-electron chi connectivity index (χ2n) is 4.92. The summed E-state index contributed by atoms with van der Waals surface area (Å²) in [6, 6.07) is 0. The largest absolute Gasteiger partial charge is 0.481 e. The first-order chi connectivity index (χ1) is 7.28. The maximum absolute atomic E-state index is 11.6. The van der Waals surface area contributed by atoms with Crippen LogP contribution in [0.3, 0.4) is 0 Å². The second-order valence-corrected chi connectivity index (χ2v) is 4.92. The van der Waals surface area contributed by atoms with E-state index in [1.54, 1.807) is 20.8 Å². The molecule has 1 atom stereocenters. The normalized spacial score (nSPS) is 13.2. The number of rotatable bonds is 6. The third-order valence-corrected chi connectivity index (χ3v) is 2.09. The van der Waals surface area contributed by atoms with E-state index in [1.165, 1.54) is 0 Å². The van der Waals surface area contributed by atoms with Crippen LogP contribution in [0.15, 0.2) is 0 Å². The van der Waals surface area contributed by atoms with Crippen LogP contribution in [0.1, 0.15) is 53.4 Å². The molecule has 0 saturated carbocycles. The maximum Gasteiger partial charge on any atom is 0.320 e. The van der Waals surface area contributed by atoms with Crippen molar-refractivity contribution in [3.05, 3.63) is 0 Å². The van der Waals surface area contributed by atoms with Crippen LogP contribution in [0.5, 0.6) is 0 Å². The number of carboxylic acids is 1. The molecule has 0 aliphatic rings. The van der Waals surface area contributed by atoms with E-state index in [-0.39, 0.29) is 0 Å². The molecule has 0 fully saturated rings. The minimum atomic E-state index is -1.09. The van der Waals surface area contributed by atoms with Gasteiger partial charge in [0.2, 0.25) is 0 Å². The lowest BCUT2D eigenvalue weighted by molar-refractivity contribution is -0.167. The zero-order valence-corrected chi connectivity index (χ0v) is 10.6. The molecule has 0 saturated heterocycles. The molecular weight excluding hydrogens is 208 g/mol. The van der Waals surface area contributed by atoms with Gasteiger partial charge in [0.1, 0.15) is 5.60 Å². The number of hydrogen-bond donors (Lipinski definition) is 1. The van der Waals surface area contributed by atoms with E-state index in [0.29, 0.717) is 6.42 Å². The number of ether oxygens (including phenoxy) is 1. The molecule has 0 radical (unpaired) electrons. The highest BCUT2D eigenvalue weighted by molar-refractivity contribution is 5.94. The van der Waals surface area contributed by atoms with Gasteiger partial charge in [0.15, 0.2) is 5.92 Å². The standard InChI is InChI=1S/C12H22O4/c1-5-6-7-8-9(10(13)14)11(15)16-12(2,3)4/h9H,5-8H2,1-4H3,(H,13,14). The summed E-state index contributed by atoms with van der Waals surface area (Å²) >= 11 is 0. The molecule has 0 bridgehead atoms. The zero-order chi connectivity index (χ0) is 12.8. The molecular formula is C12H22O4. The fourth-order valence-corrected chi connectivity index (χ4v) is 1.31. The molecule has 0 aliphatic heterocycles. The van der Waals surface area contributed by atoms with Gasteiger partial charge in [0.05, 0.1) is 0 Å². The average molecular weight is 230 g/mol. The van der Waals surface area contributed by atoms with E-state index in [1.807, 2.05) is 6.92 Å². The van der Waals surface area contributed by atoms with E-state index in [2.05, 4.69) is 0 Å². The Morgan fingerprint density at radius 1 is 1.25 bits per heavy atom. The van der Waals surface area contributed by atoms with Gasteiger partial charge in [-0.25, -0.2) is 0 Å². The average Bonchev–Trinajstić information content (AvgIpc) is 2.08. The fourth-order valence-electron chi connectivity index (χ4n) is 1.31. The zero-order valence-electron chi connectivity index (χ0n) is 10.6. The molecule has 16 heavy (non-hydrogen) atoms. The molecule has 1 unspecified atom stereocenters. The van der Waals surface area contributed by atoms with Gasteiger partial charge in [-0.05, 0) is 27.2 Å². The summed E-state index contributed by atoms with van der Waals surface area (Å²) < 4.78 is 5.07. The highest BCUT2D eigenvalue weighted by Crippen LogP contribution is 2.16. The molecule has 0 amide bonds. The monoisotopic (exact) mass is 230 g/mol. The van der Waals surface area contributed by atoms with E-state index in [0.717, 1.165) is 19.3 Å². The summed E-state index contributed by atoms with van der Waals surface area (Å²) in [4.78, 5) is 22.5. The lowest BCUT2D eigenvalue weighted by atomic mass is 10.0. The lowest BCUT2D eigenvalue weighted by Crippen LogP contribution is -2.32. The Kier molecular flexibility index (Phi) is 6.08. The van der Waals surface area contributed by atoms with Gasteiger partial charge in [-0.1, -0.05) is 26.2 Å². The van der Waals surface area contributed by atoms with Crippen molar-refractivity contribution < 1.29 is 19.4 Å². The summed E-state index contributed by atoms with van der Waals surface area (Å²) in [6.45, 7) is 7.23. The van der Waals surface area contributed by atoms with Crippen LogP contribution in [0, 0.1) is 5.92 Å². The Hall–Kier alpha value is -1.06. The maximum atomic E-state index is 11.6. The highest BCUT2D eigenvalue weighted by Gasteiger charge is 2.30. The number of carbonyl (C=O) groups excluding carboxylic acids is 1. The van der Waals surface area contributed by atoms with Gasteiger partial charge in [0, 0.05) is 0 Å². The molecule has 0 aromatic heterocycles. The van der Waals surface area contributed by atoms with Crippen molar-refractivity contribution in [1.82, 2.24) is 0 Å². The summed E-state index contributed by atoms with van der Waals surface area (Å²) in [7, 11) is 0. The predicted octanol–water partition coefficient (Wildman–Crippen LogP) is 2.61. The molecule has 94 valence electrons. The van der Waals surface area contributed by atoms with Crippen molar-refractivity contribution in [3.63, 3.8) is 0 Å². The summed E-state index contributed by atoms with van der Waals surface area (Å²) in [5.41, 5.74) is -0.629. The van der Waals surface area contributed by atoms with Gasteiger partial charge in [-0.2, -0.15) is 0 Å². The Labute approximate surface area is 97.0 Å². The second kappa shape index (κ2) is 6.51. The van der Waals surface area contributed by atoms with Gasteiger partial charge in [-0.15, -0.1) is 0 Å². The number of carbonyl (C=O) groups is 2. The smallest absolute Gasteiger partial charge is 0.320 e. The number of unbranched alkanes of at least 4 members (excludes halogenated alkanes) is 2. The summed E-state index contributed by atoms with van der Waals surface area (Å²) in [5.74, 6) is -2.74. The van der Waals surface area contributed by atoms with Crippen LogP contribution in [-0.2, 0) is 14.3 Å². The van der Waals surface area contributed by atoms with Crippen molar-refractivity contribution >= 4 is 11.9 Å². The minimum absolute atomic E-state index is 0.359. The van der Waals surface area contributed by atoms with Crippen molar-refractivity contribution in [2.24, 2.45) is 5.92 Å². The quantitative estimate of drug-likeness (QED) is 0.433. The molecule has 0 rings (SSSR count). The minimum Gasteiger partial charge on any atom is -0.481 e. The van der Waals surface area contributed by atoms with Crippen LogP contribution in [-0.4, -0.2) is 22.6 Å². The number of carboxylic acid groups (broad SMARTS) is 1. The van der Waals surface area contributed by atoms with Crippen molar-refractivity contribution in [3.8, 4) is 0 Å². The number of esters is 1. The number of aliphatic carboxylic acids is 1. The van der Waals surface area contributed by atoms with E-state index < -0.39 is 23.5 Å². The molecule has 0 aromatic carbocycles. The Balaban J connectivity index is 4.31. The molecule has 0 aliphatic carbocycles. The van der Waals surface area contributed by atoms with Crippen LogP contribution in [0.4, 0.5) is 0 Å². The van der Waals surface area contributed by atoms with Gasteiger partial charge < -0.3 is 9.84 Å². The van der Waals surface area contributed by atoms with Crippen LogP contribution in [0.2, 0.25) is 0 Å². The van der Waals surface area contributed by atoms with E-state index >= 15 is 0 Å². The van der Waals surface area contributed by atoms with Crippen molar-refractivity contribution in [2.45, 2.75) is 59.0 Å². The van der Waals surface area contributed by atoms with E-state index in [4.69, 9.17) is 9.84 Å². The summed E-state index contributed by atoms with van der Waals surface area (Å²) in [6.07, 6.45) is 3.04. The lowest BCUT2D eigenvalue weighted by Gasteiger charge is -2.22. The highest BCUT2D eigenvalue weighted by atomic mass is 16.6. The Bertz CT molecular complexity index is 240. The van der Waals surface area contributed by atoms with Crippen molar-refractivity contribution in [2.75, 3.05) is 0 Å². The molecule has 0 heterocycles. The van der Waals surface area contributed by atoms with Crippen LogP contribution < -0.4 is 0 Å². The van der Waals surface area contributed by atoms with Crippen LogP contribution >= 0.6 is 0 Å². The van der Waals surface area contributed by atoms with Gasteiger partial charge >= 0.3 is 11.9 Å².